The molecule has 5 heterocycles. The lowest BCUT2D eigenvalue weighted by atomic mass is 9.99. The number of primary amides is 1. The number of fused-ring (bicyclic) bond motifs is 4. The zero-order valence-corrected chi connectivity index (χ0v) is 45.5. The average molecular weight is 1090 g/mol. The summed E-state index contributed by atoms with van der Waals surface area (Å²) < 4.78 is 29.0. The number of methoxy groups -OCH3 is 3. The van der Waals surface area contributed by atoms with Crippen molar-refractivity contribution in [3.8, 4) is 28.7 Å². The Morgan fingerprint density at radius 3 is 1.65 bits per heavy atom. The number of benzene rings is 4. The van der Waals surface area contributed by atoms with Crippen LogP contribution in [0.5, 0.6) is 28.7 Å². The number of aliphatic imine (C=N–C) groups is 2. The van der Waals surface area contributed by atoms with E-state index in [1.807, 2.05) is 30.5 Å². The molecule has 416 valence electrons. The van der Waals surface area contributed by atoms with Gasteiger partial charge in [0.2, 0.25) is 11.8 Å². The molecule has 3 N–H and O–H groups in total. The van der Waals surface area contributed by atoms with Gasteiger partial charge in [0, 0.05) is 87.0 Å². The number of nitrogens with zero attached hydrogens (tertiary/aromatic N) is 6. The van der Waals surface area contributed by atoms with Crippen molar-refractivity contribution in [1.29, 1.82) is 0 Å². The van der Waals surface area contributed by atoms with Crippen LogP contribution in [0.4, 0.5) is 17.1 Å². The van der Waals surface area contributed by atoms with Crippen LogP contribution in [0.3, 0.4) is 0 Å². The van der Waals surface area contributed by atoms with E-state index >= 15 is 0 Å². The number of amides is 7. The van der Waals surface area contributed by atoms with Gasteiger partial charge in [0.15, 0.2) is 23.0 Å². The molecule has 5 aliphatic heterocycles. The minimum atomic E-state index is -1.06. The zero-order valence-electron chi connectivity index (χ0n) is 45.5. The van der Waals surface area contributed by atoms with Crippen molar-refractivity contribution in [3.63, 3.8) is 0 Å². The maximum Gasteiger partial charge on any atom is 0.260 e. The summed E-state index contributed by atoms with van der Waals surface area (Å²) in [5, 5.41) is 2.85. The molecule has 0 spiro atoms. The molecule has 80 heavy (non-hydrogen) atoms. The number of carbonyl (C=O) groups excluding carboxylic acids is 7. The van der Waals surface area contributed by atoms with Gasteiger partial charge < -0.3 is 44.5 Å². The number of anilines is 1. The summed E-state index contributed by atoms with van der Waals surface area (Å²) in [4.78, 5) is 107. The zero-order chi connectivity index (χ0) is 56.8. The van der Waals surface area contributed by atoms with E-state index in [0.717, 1.165) is 32.9 Å². The molecule has 0 saturated carbocycles. The highest BCUT2D eigenvalue weighted by Crippen LogP contribution is 2.42. The molecule has 4 atom stereocenters. The third-order valence-corrected chi connectivity index (χ3v) is 14.7. The smallest absolute Gasteiger partial charge is 0.260 e. The molecule has 0 fully saturated rings. The third-order valence-electron chi connectivity index (χ3n) is 14.7. The topological polar surface area (TPSA) is 241 Å². The van der Waals surface area contributed by atoms with Gasteiger partial charge in [-0.05, 0) is 84.4 Å². The molecular weight excluding hydrogens is 1020 g/mol. The first-order valence-electron chi connectivity index (χ1n) is 26.6. The maximum atomic E-state index is 14.3. The van der Waals surface area contributed by atoms with Gasteiger partial charge in [-0.1, -0.05) is 44.5 Å². The molecule has 4 aromatic rings. The SMILES string of the molecule is COc1ccc(C2=CN3C(=O)c4cc(OC)c(OCCCOc5cc6c(cc5OC)C(=O)N5C=C(c7ccc(N(C(=O)[C@@H](NC(=O)CCCCCN8C(=O)C=CC8=O)C(C)C)[C@@H](C)C(N)=O)cc7)C[C@H]5C=N6)cc4N=C[C@@H]3C2)cc1. The van der Waals surface area contributed by atoms with Crippen molar-refractivity contribution in [2.75, 3.05) is 46.0 Å². The molecule has 7 amide bonds. The lowest BCUT2D eigenvalue weighted by Gasteiger charge is -2.33. The van der Waals surface area contributed by atoms with Crippen molar-refractivity contribution < 1.29 is 57.2 Å². The van der Waals surface area contributed by atoms with Gasteiger partial charge in [0.1, 0.15) is 17.8 Å². The Kier molecular flexibility index (Phi) is 16.9. The fourth-order valence-electron chi connectivity index (χ4n) is 10.2. The molecule has 0 bridgehead atoms. The Bertz CT molecular complexity index is 3240. The molecular formula is C60H64N8O12. The first-order chi connectivity index (χ1) is 38.6. The van der Waals surface area contributed by atoms with Crippen molar-refractivity contribution in [1.82, 2.24) is 20.0 Å². The molecule has 0 unspecified atom stereocenters. The standard InChI is InChI=1S/C60H64N8O12/c1-35(2)56(64-53(69)11-8-7-9-22-65-54(70)20-21-55(65)71)60(75)68(36(3)57(61)72)41-16-12-37(13-17-41)39-25-42-31-62-47-29-51(49(77-5)27-45(47)58(73)66(42)33-39)79-23-10-24-80-52-30-48-46(28-50(52)78-6)59(74)67-34-40(26-43(67)32-63-48)38-14-18-44(76-4)19-15-38/h12-21,27-36,42-43,56H,7-11,22-26H2,1-6H3,(H2,61,72)(H,64,69)/t36-,42-,43-,56-/m0/s1. The number of carbonyl (C=O) groups is 7. The minimum absolute atomic E-state index is 0.120. The minimum Gasteiger partial charge on any atom is -0.497 e. The van der Waals surface area contributed by atoms with Crippen LogP contribution in [-0.2, 0) is 24.0 Å². The monoisotopic (exact) mass is 1090 g/mol. The summed E-state index contributed by atoms with van der Waals surface area (Å²) in [6.07, 6.45) is 12.9. The fraction of sp³-hybridized carbons (Fsp3) is 0.350. The molecule has 0 aromatic heterocycles. The van der Waals surface area contributed by atoms with E-state index in [4.69, 9.17) is 39.4 Å². The number of ether oxygens (including phenoxy) is 5. The summed E-state index contributed by atoms with van der Waals surface area (Å²) in [5.74, 6) is -0.799. The van der Waals surface area contributed by atoms with E-state index in [0.29, 0.717) is 89.7 Å². The Morgan fingerprint density at radius 1 is 0.662 bits per heavy atom. The van der Waals surface area contributed by atoms with E-state index < -0.39 is 29.9 Å². The number of hydrogen-bond acceptors (Lipinski definition) is 14. The van der Waals surface area contributed by atoms with Crippen LogP contribution in [0.1, 0.15) is 97.6 Å². The largest absolute Gasteiger partial charge is 0.497 e. The van der Waals surface area contributed by atoms with Gasteiger partial charge in [-0.2, -0.15) is 0 Å². The van der Waals surface area contributed by atoms with Crippen molar-refractivity contribution in [2.45, 2.75) is 89.9 Å². The second kappa shape index (κ2) is 24.3. The van der Waals surface area contributed by atoms with E-state index in [1.165, 1.54) is 38.2 Å². The molecule has 9 rings (SSSR count). The van der Waals surface area contributed by atoms with Gasteiger partial charge >= 0.3 is 0 Å². The first-order valence-corrected chi connectivity index (χ1v) is 26.6. The van der Waals surface area contributed by atoms with E-state index in [2.05, 4.69) is 5.32 Å². The third kappa shape index (κ3) is 11.8. The van der Waals surface area contributed by atoms with Gasteiger partial charge in [-0.25, -0.2) is 0 Å². The van der Waals surface area contributed by atoms with Crippen molar-refractivity contribution in [3.05, 3.63) is 120 Å². The van der Waals surface area contributed by atoms with Gasteiger partial charge in [0.25, 0.3) is 29.5 Å². The summed E-state index contributed by atoms with van der Waals surface area (Å²) >= 11 is 0. The van der Waals surface area contributed by atoms with Gasteiger partial charge in [0.05, 0.1) is 69.1 Å². The number of imide groups is 1. The van der Waals surface area contributed by atoms with Crippen LogP contribution < -0.4 is 39.6 Å². The Hall–Kier alpha value is -9.07. The molecule has 4 aromatic carbocycles. The average Bonchev–Trinajstić information content (AvgIpc) is 4.15. The van der Waals surface area contributed by atoms with E-state index in [1.54, 1.807) is 97.9 Å². The molecule has 0 aliphatic carbocycles. The Morgan fingerprint density at radius 2 is 1.18 bits per heavy atom. The predicted molar refractivity (Wildman–Crippen MR) is 300 cm³/mol. The van der Waals surface area contributed by atoms with Crippen LogP contribution in [0.25, 0.3) is 11.1 Å². The van der Waals surface area contributed by atoms with Crippen LogP contribution >= 0.6 is 0 Å². The lowest BCUT2D eigenvalue weighted by Crippen LogP contribution is -2.56. The molecule has 0 saturated heterocycles. The molecule has 5 aliphatic rings. The second-order valence-electron chi connectivity index (χ2n) is 20.2. The van der Waals surface area contributed by atoms with Gasteiger partial charge in [-0.15, -0.1) is 0 Å². The van der Waals surface area contributed by atoms with E-state index in [9.17, 15) is 33.6 Å². The summed E-state index contributed by atoms with van der Waals surface area (Å²) in [7, 11) is 4.63. The molecule has 0 radical (unpaired) electrons. The molecule has 20 heteroatoms. The quantitative estimate of drug-likeness (QED) is 0.0548. The van der Waals surface area contributed by atoms with Crippen molar-refractivity contribution >= 4 is 82.0 Å². The normalized spacial score (nSPS) is 17.7. The number of nitrogens with one attached hydrogen (secondary N) is 1. The summed E-state index contributed by atoms with van der Waals surface area (Å²) in [6.45, 7) is 5.85. The fourth-order valence-corrected chi connectivity index (χ4v) is 10.2. The van der Waals surface area contributed by atoms with Crippen LogP contribution in [-0.4, -0.2) is 134 Å². The molecule has 20 nitrogen and oxygen atoms in total. The van der Waals surface area contributed by atoms with Crippen LogP contribution in [0.15, 0.2) is 107 Å². The summed E-state index contributed by atoms with van der Waals surface area (Å²) in [6, 6.07) is 18.7. The lowest BCUT2D eigenvalue weighted by molar-refractivity contribution is -0.137. The number of nitrogens with two attached hydrogens (primary N) is 1. The highest BCUT2D eigenvalue weighted by atomic mass is 16.5. The number of rotatable bonds is 23. The van der Waals surface area contributed by atoms with Crippen molar-refractivity contribution in [2.24, 2.45) is 21.6 Å². The van der Waals surface area contributed by atoms with E-state index in [-0.39, 0.29) is 67.7 Å². The van der Waals surface area contributed by atoms with Crippen LogP contribution in [0, 0.1) is 5.92 Å². The number of unbranched alkanes of at least 4 members (excludes halogenated alkanes) is 2. The second-order valence-corrected chi connectivity index (χ2v) is 20.2. The highest BCUT2D eigenvalue weighted by Gasteiger charge is 2.37. The van der Waals surface area contributed by atoms with Gasteiger partial charge in [-0.3, -0.25) is 53.3 Å². The summed E-state index contributed by atoms with van der Waals surface area (Å²) in [5.41, 5.74) is 11.4. The Labute approximate surface area is 463 Å². The first kappa shape index (κ1) is 55.7. The van der Waals surface area contributed by atoms with Crippen LogP contribution in [0.2, 0.25) is 0 Å². The highest BCUT2D eigenvalue weighted by molar-refractivity contribution is 6.13. The predicted octanol–water partition coefficient (Wildman–Crippen LogP) is 7.34. The maximum absolute atomic E-state index is 14.3. The number of hydrogen-bond donors (Lipinski definition) is 2. The Balaban J connectivity index is 0.799.